The van der Waals surface area contributed by atoms with Crippen molar-refractivity contribution in [2.75, 3.05) is 18.5 Å². The van der Waals surface area contributed by atoms with Gasteiger partial charge >= 0.3 is 6.03 Å². The molecule has 0 saturated carbocycles. The molecular formula is C18H22N2O3. The highest BCUT2D eigenvalue weighted by Crippen LogP contribution is 2.16. The second-order valence-electron chi connectivity index (χ2n) is 5.23. The summed E-state index contributed by atoms with van der Waals surface area (Å²) in [4.78, 5) is 11.8. The number of para-hydroxylation sites is 1. The van der Waals surface area contributed by atoms with Crippen molar-refractivity contribution in [1.82, 2.24) is 5.32 Å². The number of benzene rings is 2. The largest absolute Gasteiger partial charge is 0.492 e. The summed E-state index contributed by atoms with van der Waals surface area (Å²) in [5.41, 5.74) is 0.711. The summed E-state index contributed by atoms with van der Waals surface area (Å²) < 4.78 is 11.1. The minimum absolute atomic E-state index is 0.127. The predicted molar refractivity (Wildman–Crippen MR) is 91.2 cm³/mol. The second-order valence-corrected chi connectivity index (χ2v) is 5.23. The van der Waals surface area contributed by atoms with Gasteiger partial charge in [0.15, 0.2) is 0 Å². The summed E-state index contributed by atoms with van der Waals surface area (Å²) in [6.07, 6.45) is 0.127. The standard InChI is InChI=1S/C18H22N2O3/c1-14(2)23-17-10-8-15(9-11-17)20-18(21)19-12-13-22-16-6-4-3-5-7-16/h3-11,14H,12-13H2,1-2H3,(H2,19,20,21). The number of hydrogen-bond acceptors (Lipinski definition) is 3. The molecule has 0 radical (unpaired) electrons. The van der Waals surface area contributed by atoms with Crippen LogP contribution in [0.2, 0.25) is 0 Å². The van der Waals surface area contributed by atoms with Crippen LogP contribution in [0.15, 0.2) is 54.6 Å². The number of carbonyl (C=O) groups excluding carboxylic acids is 1. The van der Waals surface area contributed by atoms with Crippen LogP contribution in [-0.2, 0) is 0 Å². The molecule has 0 unspecified atom stereocenters. The van der Waals surface area contributed by atoms with E-state index in [1.807, 2.05) is 56.3 Å². The SMILES string of the molecule is CC(C)Oc1ccc(NC(=O)NCCOc2ccccc2)cc1. The predicted octanol–water partition coefficient (Wildman–Crippen LogP) is 3.67. The lowest BCUT2D eigenvalue weighted by molar-refractivity contribution is 0.242. The Morgan fingerprint density at radius 3 is 2.35 bits per heavy atom. The van der Waals surface area contributed by atoms with E-state index in [0.717, 1.165) is 11.5 Å². The molecule has 5 heteroatoms. The van der Waals surface area contributed by atoms with Crippen LogP contribution in [0.3, 0.4) is 0 Å². The fraction of sp³-hybridized carbons (Fsp3) is 0.278. The lowest BCUT2D eigenvalue weighted by Gasteiger charge is -2.11. The first-order valence-corrected chi connectivity index (χ1v) is 7.63. The Morgan fingerprint density at radius 2 is 1.70 bits per heavy atom. The molecule has 0 heterocycles. The Balaban J connectivity index is 1.68. The van der Waals surface area contributed by atoms with E-state index >= 15 is 0 Å². The molecule has 0 fully saturated rings. The third-order valence-electron chi connectivity index (χ3n) is 2.88. The summed E-state index contributed by atoms with van der Waals surface area (Å²) in [6.45, 7) is 4.78. The number of anilines is 1. The molecular weight excluding hydrogens is 292 g/mol. The molecule has 2 aromatic rings. The Kier molecular flexibility index (Phi) is 6.29. The average molecular weight is 314 g/mol. The van der Waals surface area contributed by atoms with Gasteiger partial charge in [-0.25, -0.2) is 4.79 Å². The van der Waals surface area contributed by atoms with Crippen molar-refractivity contribution in [2.24, 2.45) is 0 Å². The van der Waals surface area contributed by atoms with Gasteiger partial charge in [0.25, 0.3) is 0 Å². The molecule has 2 amide bonds. The molecule has 5 nitrogen and oxygen atoms in total. The van der Waals surface area contributed by atoms with Crippen molar-refractivity contribution in [3.63, 3.8) is 0 Å². The van der Waals surface area contributed by atoms with Gasteiger partial charge in [0.05, 0.1) is 12.6 Å². The van der Waals surface area contributed by atoms with E-state index < -0.39 is 0 Å². The maximum Gasteiger partial charge on any atom is 0.319 e. The zero-order valence-corrected chi connectivity index (χ0v) is 13.4. The molecule has 0 spiro atoms. The van der Waals surface area contributed by atoms with Crippen LogP contribution in [0.25, 0.3) is 0 Å². The Hall–Kier alpha value is -2.69. The van der Waals surface area contributed by atoms with Gasteiger partial charge in [0.1, 0.15) is 18.1 Å². The summed E-state index contributed by atoms with van der Waals surface area (Å²) >= 11 is 0. The minimum atomic E-state index is -0.265. The topological polar surface area (TPSA) is 59.6 Å². The van der Waals surface area contributed by atoms with Crippen LogP contribution in [0.5, 0.6) is 11.5 Å². The third-order valence-corrected chi connectivity index (χ3v) is 2.88. The quantitative estimate of drug-likeness (QED) is 0.767. The Labute approximate surface area is 136 Å². The summed E-state index contributed by atoms with van der Waals surface area (Å²) in [6, 6.07) is 16.5. The van der Waals surface area contributed by atoms with Gasteiger partial charge in [0.2, 0.25) is 0 Å². The molecule has 122 valence electrons. The van der Waals surface area contributed by atoms with E-state index in [1.165, 1.54) is 0 Å². The van der Waals surface area contributed by atoms with Gasteiger partial charge < -0.3 is 20.1 Å². The van der Waals surface area contributed by atoms with Crippen LogP contribution < -0.4 is 20.1 Å². The second kappa shape index (κ2) is 8.68. The van der Waals surface area contributed by atoms with Crippen molar-refractivity contribution >= 4 is 11.7 Å². The minimum Gasteiger partial charge on any atom is -0.492 e. The molecule has 0 aliphatic heterocycles. The van der Waals surface area contributed by atoms with Gasteiger partial charge in [-0.1, -0.05) is 18.2 Å². The number of hydrogen-bond donors (Lipinski definition) is 2. The van der Waals surface area contributed by atoms with Gasteiger partial charge in [-0.3, -0.25) is 0 Å². The van der Waals surface area contributed by atoms with Crippen molar-refractivity contribution in [3.8, 4) is 11.5 Å². The van der Waals surface area contributed by atoms with Gasteiger partial charge in [-0.05, 0) is 50.2 Å². The van der Waals surface area contributed by atoms with Crippen molar-refractivity contribution in [1.29, 1.82) is 0 Å². The maximum absolute atomic E-state index is 11.8. The first-order valence-electron chi connectivity index (χ1n) is 7.63. The molecule has 0 saturated heterocycles. The molecule has 0 atom stereocenters. The lowest BCUT2D eigenvalue weighted by atomic mass is 10.3. The highest BCUT2D eigenvalue weighted by molar-refractivity contribution is 5.89. The van der Waals surface area contributed by atoms with Gasteiger partial charge in [0, 0.05) is 5.69 Å². The van der Waals surface area contributed by atoms with Crippen LogP contribution in [0.4, 0.5) is 10.5 Å². The monoisotopic (exact) mass is 314 g/mol. The van der Waals surface area contributed by atoms with E-state index in [1.54, 1.807) is 12.1 Å². The highest BCUT2D eigenvalue weighted by atomic mass is 16.5. The van der Waals surface area contributed by atoms with E-state index in [2.05, 4.69) is 10.6 Å². The fourth-order valence-electron chi connectivity index (χ4n) is 1.91. The molecule has 23 heavy (non-hydrogen) atoms. The summed E-state index contributed by atoms with van der Waals surface area (Å²) in [7, 11) is 0. The molecule has 0 aromatic heterocycles. The normalized spacial score (nSPS) is 10.2. The van der Waals surface area contributed by atoms with E-state index in [-0.39, 0.29) is 12.1 Å². The molecule has 2 aromatic carbocycles. The molecule has 0 aliphatic rings. The highest BCUT2D eigenvalue weighted by Gasteiger charge is 2.02. The van der Waals surface area contributed by atoms with E-state index in [9.17, 15) is 4.79 Å². The average Bonchev–Trinajstić information content (AvgIpc) is 2.54. The fourth-order valence-corrected chi connectivity index (χ4v) is 1.91. The first-order chi connectivity index (χ1) is 11.1. The van der Waals surface area contributed by atoms with Crippen LogP contribution in [-0.4, -0.2) is 25.3 Å². The number of amides is 2. The van der Waals surface area contributed by atoms with Crippen molar-refractivity contribution in [2.45, 2.75) is 20.0 Å². The zero-order chi connectivity index (χ0) is 16.5. The van der Waals surface area contributed by atoms with Crippen molar-refractivity contribution in [3.05, 3.63) is 54.6 Å². The number of carbonyl (C=O) groups is 1. The number of ether oxygens (including phenoxy) is 2. The van der Waals surface area contributed by atoms with Crippen LogP contribution in [0, 0.1) is 0 Å². The summed E-state index contributed by atoms with van der Waals surface area (Å²) in [5, 5.41) is 5.50. The molecule has 2 N–H and O–H groups in total. The van der Waals surface area contributed by atoms with E-state index in [4.69, 9.17) is 9.47 Å². The smallest absolute Gasteiger partial charge is 0.319 e. The Morgan fingerprint density at radius 1 is 1.00 bits per heavy atom. The summed E-state index contributed by atoms with van der Waals surface area (Å²) in [5.74, 6) is 1.57. The molecule has 2 rings (SSSR count). The molecule has 0 aliphatic carbocycles. The zero-order valence-electron chi connectivity index (χ0n) is 13.4. The van der Waals surface area contributed by atoms with E-state index in [0.29, 0.717) is 18.8 Å². The van der Waals surface area contributed by atoms with Crippen LogP contribution in [0.1, 0.15) is 13.8 Å². The van der Waals surface area contributed by atoms with Crippen LogP contribution >= 0.6 is 0 Å². The first kappa shape index (κ1) is 16.7. The maximum atomic E-state index is 11.8. The third kappa shape index (κ3) is 6.30. The Bertz CT molecular complexity index is 597. The van der Waals surface area contributed by atoms with Gasteiger partial charge in [-0.2, -0.15) is 0 Å². The number of nitrogens with one attached hydrogen (secondary N) is 2. The lowest BCUT2D eigenvalue weighted by Crippen LogP contribution is -2.32. The van der Waals surface area contributed by atoms with Crippen molar-refractivity contribution < 1.29 is 14.3 Å². The molecule has 0 bridgehead atoms. The van der Waals surface area contributed by atoms with Gasteiger partial charge in [-0.15, -0.1) is 0 Å². The number of rotatable bonds is 7. The number of urea groups is 1.